The fourth-order valence-corrected chi connectivity index (χ4v) is 11.2. The van der Waals surface area contributed by atoms with Crippen LogP contribution in [0.3, 0.4) is 0 Å². The number of anilines is 2. The van der Waals surface area contributed by atoms with E-state index in [9.17, 15) is 14.2 Å². The van der Waals surface area contributed by atoms with Gasteiger partial charge in [0.2, 0.25) is 0 Å². The monoisotopic (exact) mass is 908 g/mol. The van der Waals surface area contributed by atoms with E-state index >= 15 is 4.39 Å². The molecule has 3 fully saturated rings. The van der Waals surface area contributed by atoms with E-state index in [0.717, 1.165) is 20.5 Å². The number of rotatable bonds is 5. The van der Waals surface area contributed by atoms with Crippen molar-refractivity contribution in [2.45, 2.75) is 54.9 Å². The molecule has 0 spiro atoms. The lowest BCUT2D eigenvalue weighted by atomic mass is 10.1. The van der Waals surface area contributed by atoms with Gasteiger partial charge in [0, 0.05) is 9.32 Å². The minimum Gasteiger partial charge on any atom is -0.386 e. The largest absolute Gasteiger partial charge is 0.389 e. The lowest BCUT2D eigenvalue weighted by molar-refractivity contribution is -0.0555. The van der Waals surface area contributed by atoms with E-state index in [2.05, 4.69) is 64.7 Å². The van der Waals surface area contributed by atoms with Crippen LogP contribution in [0.1, 0.15) is 18.0 Å². The number of benzene rings is 1. The van der Waals surface area contributed by atoms with Gasteiger partial charge in [0.05, 0.1) is 25.9 Å². The van der Waals surface area contributed by atoms with Crippen LogP contribution in [-0.4, -0.2) is 94.0 Å². The zero-order valence-electron chi connectivity index (χ0n) is 26.3. The Morgan fingerprint density at radius 2 is 1.44 bits per heavy atom. The van der Waals surface area contributed by atoms with Crippen molar-refractivity contribution in [2.75, 3.05) is 24.7 Å². The van der Waals surface area contributed by atoms with Crippen LogP contribution in [0.25, 0.3) is 22.3 Å². The minimum atomic E-state index is -4.39. The molecule has 19 nitrogen and oxygen atoms in total. The highest BCUT2D eigenvalue weighted by molar-refractivity contribution is 14.1. The molecule has 52 heavy (non-hydrogen) atoms. The molecular formula is C27H28FIN10O9P2S2. The van der Waals surface area contributed by atoms with Crippen molar-refractivity contribution in [3.63, 3.8) is 0 Å². The van der Waals surface area contributed by atoms with Gasteiger partial charge >= 0.3 is 13.6 Å². The number of imidazole rings is 2. The fourth-order valence-electron chi connectivity index (χ4n) is 6.00. The number of fused-ring (bicyclic) bond motifs is 4. The second-order valence-electron chi connectivity index (χ2n) is 11.8. The molecule has 0 amide bonds. The maximum atomic E-state index is 16.4. The van der Waals surface area contributed by atoms with Crippen LogP contribution in [0.15, 0.2) is 49.6 Å². The molecule has 1 aromatic carbocycles. The summed E-state index contributed by atoms with van der Waals surface area (Å²) in [7, 11) is 0. The van der Waals surface area contributed by atoms with Crippen molar-refractivity contribution in [1.82, 2.24) is 39.0 Å². The molecule has 0 saturated carbocycles. The third kappa shape index (κ3) is 6.94. The molecule has 8 rings (SSSR count). The van der Waals surface area contributed by atoms with Crippen molar-refractivity contribution in [2.24, 2.45) is 0 Å². The number of ether oxygens (including phenoxy) is 2. The Labute approximate surface area is 315 Å². The van der Waals surface area contributed by atoms with Crippen molar-refractivity contribution in [3.8, 4) is 0 Å². The van der Waals surface area contributed by atoms with Gasteiger partial charge in [-0.1, -0.05) is 24.4 Å². The van der Waals surface area contributed by atoms with E-state index in [1.807, 2.05) is 24.3 Å². The van der Waals surface area contributed by atoms with Crippen LogP contribution in [0, 0.1) is 3.57 Å². The molecule has 3 saturated heterocycles. The number of nitrogen functional groups attached to an aromatic ring is 2. The Hall–Kier alpha value is -2.54. The summed E-state index contributed by atoms with van der Waals surface area (Å²) in [5, 5.41) is 11.7. The Bertz CT molecular complexity index is 2230. The fraction of sp³-hybridized carbons (Fsp3) is 0.407. The van der Waals surface area contributed by atoms with E-state index in [1.54, 1.807) is 0 Å². The molecule has 25 heteroatoms. The molecule has 3 aliphatic rings. The molecule has 0 bridgehead atoms. The molecule has 5 N–H and O–H groups in total. The highest BCUT2D eigenvalue weighted by Gasteiger charge is 2.54. The number of nitrogens with two attached hydrogens (primary N) is 2. The third-order valence-corrected chi connectivity index (χ3v) is 14.5. The van der Waals surface area contributed by atoms with Crippen LogP contribution in [-0.2, 0) is 42.5 Å². The average Bonchev–Trinajstić information content (AvgIpc) is 3.88. The summed E-state index contributed by atoms with van der Waals surface area (Å²) in [5.41, 5.74) is 13.5. The molecule has 0 radical (unpaired) electrons. The van der Waals surface area contributed by atoms with Crippen LogP contribution in [0.2, 0.25) is 0 Å². The van der Waals surface area contributed by atoms with Gasteiger partial charge in [0.15, 0.2) is 41.6 Å². The van der Waals surface area contributed by atoms with Crippen molar-refractivity contribution < 1.29 is 46.2 Å². The molecule has 0 aliphatic carbocycles. The van der Waals surface area contributed by atoms with Gasteiger partial charge in [-0.25, -0.2) is 43.4 Å². The van der Waals surface area contributed by atoms with Crippen LogP contribution >= 0.6 is 59.8 Å². The van der Waals surface area contributed by atoms with Gasteiger partial charge < -0.3 is 26.0 Å². The molecule has 5 aromatic rings. The first-order valence-electron chi connectivity index (χ1n) is 15.4. The van der Waals surface area contributed by atoms with E-state index < -0.39 is 76.0 Å². The van der Waals surface area contributed by atoms with Gasteiger partial charge in [-0.05, 0) is 51.7 Å². The number of nitrogens with zero attached hydrogens (tertiary/aromatic N) is 8. The summed E-state index contributed by atoms with van der Waals surface area (Å²) < 4.78 is 84.1. The Balaban J connectivity index is 1.12. The maximum absolute atomic E-state index is 16.4. The number of halogens is 2. The number of thiol groups is 1. The predicted molar refractivity (Wildman–Crippen MR) is 194 cm³/mol. The maximum Gasteiger partial charge on any atom is 0.389 e. The number of hydrogen-bond donors (Lipinski definition) is 4. The van der Waals surface area contributed by atoms with Crippen LogP contribution in [0.4, 0.5) is 16.0 Å². The lowest BCUT2D eigenvalue weighted by Crippen LogP contribution is -2.38. The molecule has 10 atom stereocenters. The highest BCUT2D eigenvalue weighted by atomic mass is 127. The van der Waals surface area contributed by atoms with Gasteiger partial charge in [-0.15, -0.1) is 0 Å². The highest BCUT2D eigenvalue weighted by Crippen LogP contribution is 2.65. The Kier molecular flexibility index (Phi) is 10.00. The molecular weight excluding hydrogens is 880 g/mol. The Morgan fingerprint density at radius 1 is 0.865 bits per heavy atom. The van der Waals surface area contributed by atoms with E-state index in [-0.39, 0.29) is 39.7 Å². The van der Waals surface area contributed by atoms with Gasteiger partial charge in [-0.2, -0.15) is 0 Å². The van der Waals surface area contributed by atoms with Gasteiger partial charge in [-0.3, -0.25) is 27.2 Å². The summed E-state index contributed by atoms with van der Waals surface area (Å²) in [6.45, 7) is -9.82. The molecule has 3 unspecified atom stereocenters. The predicted octanol–water partition coefficient (Wildman–Crippen LogP) is 3.83. The first kappa shape index (κ1) is 36.4. The quantitative estimate of drug-likeness (QED) is 0.111. The number of hydrogen-bond acceptors (Lipinski definition) is 18. The summed E-state index contributed by atoms with van der Waals surface area (Å²) in [5.74, 6) is 0.328. The normalized spacial score (nSPS) is 34.2. The number of aromatic nitrogens is 8. The van der Waals surface area contributed by atoms with Crippen LogP contribution in [0.5, 0.6) is 0 Å². The Morgan fingerprint density at radius 3 is 2.10 bits per heavy atom. The van der Waals surface area contributed by atoms with E-state index in [1.165, 1.54) is 34.4 Å². The summed E-state index contributed by atoms with van der Waals surface area (Å²) >= 11 is 7.12. The average molecular weight is 909 g/mol. The minimum absolute atomic E-state index is 0.0653. The molecule has 7 heterocycles. The van der Waals surface area contributed by atoms with Crippen LogP contribution < -0.4 is 11.5 Å². The van der Waals surface area contributed by atoms with Crippen molar-refractivity contribution >= 4 is 93.8 Å². The topological polar surface area (TPSA) is 249 Å². The zero-order chi connectivity index (χ0) is 36.4. The molecule has 3 aliphatic heterocycles. The SMILES string of the molecule is Nc1ncnc2c1ncn2[C@@H]1O[C@@H]2COP(=O)(S)O[C@@H]3C(COP(=O)(SCc4ccc(I)cc4)O[C@H]2[C@H]1O)O[C@@H](n1cnc2c(N)ncnc21)[C@@H]3F. The first-order chi connectivity index (χ1) is 24.9. The van der Waals surface area contributed by atoms with Crippen molar-refractivity contribution in [1.29, 1.82) is 0 Å². The summed E-state index contributed by atoms with van der Waals surface area (Å²) in [6, 6.07) is 7.48. The molecule has 4 aromatic heterocycles. The van der Waals surface area contributed by atoms with Crippen molar-refractivity contribution in [3.05, 3.63) is 58.7 Å². The van der Waals surface area contributed by atoms with Gasteiger partial charge in [0.1, 0.15) is 54.2 Å². The standard InChI is InChI=1S/C27H28FIN10O9P2S2/c28-16-20-14(45-26(16)38-10-36-17-22(30)32-8-34-24(17)38)6-44-50(42,52-7-12-1-3-13(29)4-2-12)48-21-15(5-43-49(41,51)47-20)46-27(19(21)40)39-11-37-18-23(31)33-9-35-25(18)39/h1-4,8-11,14-16,19-21,26-27,40H,5-7H2,(H,41,51)(H2,30,32,34)(H2,31,33,35)/t14?,15-,16-,19-,20-,21-,26-,27-,49?,50?/m1/s1. The van der Waals surface area contributed by atoms with E-state index in [0.29, 0.717) is 0 Å². The lowest BCUT2D eigenvalue weighted by Gasteiger charge is -2.29. The van der Waals surface area contributed by atoms with E-state index in [4.69, 9.17) is 39.0 Å². The second-order valence-corrected chi connectivity index (χ2v) is 19.9. The van der Waals surface area contributed by atoms with Gasteiger partial charge in [0.25, 0.3) is 0 Å². The zero-order valence-corrected chi connectivity index (χ0v) is 32.0. The summed E-state index contributed by atoms with van der Waals surface area (Å²) in [4.78, 5) is 24.6. The first-order valence-corrected chi connectivity index (χ1v) is 22.3. The summed E-state index contributed by atoms with van der Waals surface area (Å²) in [6.07, 6.45) is -6.74. The second kappa shape index (κ2) is 14.3. The number of aliphatic hydroxyl groups is 1. The molecule has 276 valence electrons. The third-order valence-electron chi connectivity index (χ3n) is 8.51. The number of aliphatic hydroxyl groups excluding tert-OH is 1. The smallest absolute Gasteiger partial charge is 0.386 e. The number of alkyl halides is 1.